The van der Waals surface area contributed by atoms with Gasteiger partial charge in [0.25, 0.3) is 0 Å². The van der Waals surface area contributed by atoms with Gasteiger partial charge in [0.05, 0.1) is 6.04 Å². The molecule has 3 heterocycles. The molecule has 0 unspecified atom stereocenters. The van der Waals surface area contributed by atoms with E-state index in [1.807, 2.05) is 44.2 Å². The summed E-state index contributed by atoms with van der Waals surface area (Å²) in [5, 5.41) is 13.4. The Hall–Kier alpha value is -4.29. The Labute approximate surface area is 277 Å². The van der Waals surface area contributed by atoms with E-state index < -0.39 is 12.1 Å². The van der Waals surface area contributed by atoms with Crippen LogP contribution in [0.1, 0.15) is 88.5 Å². The van der Waals surface area contributed by atoms with Crippen molar-refractivity contribution in [3.8, 4) is 0 Å². The lowest BCUT2D eigenvalue weighted by Crippen LogP contribution is -2.50. The molecule has 2 aliphatic heterocycles. The molecule has 2 atom stereocenters. The van der Waals surface area contributed by atoms with E-state index in [1.165, 1.54) is 4.68 Å². The number of nitrogens with zero attached hydrogens (tertiary/aromatic N) is 5. The van der Waals surface area contributed by atoms with Gasteiger partial charge in [-0.3, -0.25) is 24.0 Å². The lowest BCUT2D eigenvalue weighted by molar-refractivity contribution is -0.134. The number of hydrogen-bond donors (Lipinski definition) is 3. The van der Waals surface area contributed by atoms with Crippen molar-refractivity contribution in [1.29, 1.82) is 0 Å². The maximum absolute atomic E-state index is 13.8. The number of rotatable bonds is 6. The predicted molar refractivity (Wildman–Crippen MR) is 176 cm³/mol. The molecular weight excluding hydrogens is 600 g/mol. The Bertz CT molecular complexity index is 1380. The number of fused-ring (bicyclic) bond motifs is 1. The normalized spacial score (nSPS) is 21.2. The summed E-state index contributed by atoms with van der Waals surface area (Å²) >= 11 is 0. The van der Waals surface area contributed by atoms with E-state index in [0.717, 1.165) is 24.8 Å². The highest BCUT2D eigenvalue weighted by molar-refractivity contribution is 5.88. The molecule has 13 heteroatoms. The molecule has 47 heavy (non-hydrogen) atoms. The van der Waals surface area contributed by atoms with E-state index in [4.69, 9.17) is 0 Å². The second-order valence-electron chi connectivity index (χ2n) is 12.8. The fourth-order valence-electron chi connectivity index (χ4n) is 6.07. The summed E-state index contributed by atoms with van der Waals surface area (Å²) < 4.78 is 1.52. The molecule has 0 bridgehead atoms. The molecule has 256 valence electrons. The molecule has 4 rings (SSSR count). The van der Waals surface area contributed by atoms with Crippen molar-refractivity contribution in [1.82, 2.24) is 40.5 Å². The van der Waals surface area contributed by atoms with Crippen LogP contribution in [-0.4, -0.2) is 92.9 Å². The van der Waals surface area contributed by atoms with Crippen molar-refractivity contribution in [2.75, 3.05) is 32.7 Å². The summed E-state index contributed by atoms with van der Waals surface area (Å²) in [6.07, 6.45) is 4.91. The van der Waals surface area contributed by atoms with E-state index in [0.29, 0.717) is 63.6 Å². The number of hydrogen-bond acceptors (Lipinski definition) is 7. The molecule has 13 nitrogen and oxygen atoms in total. The van der Waals surface area contributed by atoms with Crippen LogP contribution >= 0.6 is 0 Å². The van der Waals surface area contributed by atoms with Gasteiger partial charge in [-0.25, -0.2) is 9.67 Å². The van der Waals surface area contributed by atoms with Crippen molar-refractivity contribution >= 4 is 29.5 Å². The zero-order valence-corrected chi connectivity index (χ0v) is 28.0. The maximum atomic E-state index is 13.8. The van der Waals surface area contributed by atoms with Gasteiger partial charge >= 0.3 is 0 Å². The minimum absolute atomic E-state index is 0.0774. The first-order valence-corrected chi connectivity index (χ1v) is 17.0. The molecule has 2 aromatic rings. The Morgan fingerprint density at radius 2 is 1.68 bits per heavy atom. The first kappa shape index (κ1) is 35.6. The average molecular weight is 651 g/mol. The van der Waals surface area contributed by atoms with E-state index in [1.54, 1.807) is 16.7 Å². The monoisotopic (exact) mass is 650 g/mol. The van der Waals surface area contributed by atoms with Crippen LogP contribution in [0.4, 0.5) is 0 Å². The van der Waals surface area contributed by atoms with Gasteiger partial charge in [-0.2, -0.15) is 5.10 Å². The van der Waals surface area contributed by atoms with Crippen molar-refractivity contribution < 1.29 is 24.0 Å². The fraction of sp³-hybridized carbons (Fsp3) is 0.618. The highest BCUT2D eigenvalue weighted by Crippen LogP contribution is 2.21. The van der Waals surface area contributed by atoms with Crippen LogP contribution in [0.15, 0.2) is 30.3 Å². The Kier molecular flexibility index (Phi) is 13.3. The number of benzene rings is 1. The summed E-state index contributed by atoms with van der Waals surface area (Å²) in [6.45, 7) is 7.70. The van der Waals surface area contributed by atoms with Crippen LogP contribution in [0.5, 0.6) is 0 Å². The highest BCUT2D eigenvalue weighted by atomic mass is 16.2. The fourth-order valence-corrected chi connectivity index (χ4v) is 6.07. The number of nitrogens with one attached hydrogen (secondary N) is 3. The average Bonchev–Trinajstić information content (AvgIpc) is 3.26. The quantitative estimate of drug-likeness (QED) is 0.432. The topological polar surface area (TPSA) is 159 Å². The zero-order valence-electron chi connectivity index (χ0n) is 28.0. The van der Waals surface area contributed by atoms with Gasteiger partial charge in [0.2, 0.25) is 29.5 Å². The summed E-state index contributed by atoms with van der Waals surface area (Å²) in [5.41, 5.74) is 0.895. The molecule has 0 spiro atoms. The van der Waals surface area contributed by atoms with E-state index in [9.17, 15) is 24.0 Å². The molecule has 2 aliphatic rings. The third-order valence-corrected chi connectivity index (χ3v) is 8.66. The first-order chi connectivity index (χ1) is 22.6. The number of likely N-dealkylation sites (tertiary alicyclic amines) is 1. The minimum atomic E-state index is -0.852. The molecule has 0 aliphatic carbocycles. The summed E-state index contributed by atoms with van der Waals surface area (Å²) in [5.74, 6) is -0.0335. The van der Waals surface area contributed by atoms with Crippen molar-refractivity contribution in [3.05, 3.63) is 47.5 Å². The molecule has 0 saturated carbocycles. The summed E-state index contributed by atoms with van der Waals surface area (Å²) in [7, 11) is 0. The van der Waals surface area contributed by atoms with Gasteiger partial charge in [0, 0.05) is 58.4 Å². The van der Waals surface area contributed by atoms with E-state index >= 15 is 0 Å². The van der Waals surface area contributed by atoms with Crippen LogP contribution < -0.4 is 16.0 Å². The minimum Gasteiger partial charge on any atom is -0.354 e. The van der Waals surface area contributed by atoms with Gasteiger partial charge in [-0.1, -0.05) is 50.6 Å². The number of amides is 5. The standard InChI is InChI=1S/C34H50N8O5/c1-24(2)32-33-36-25(3)39-42(33)23-29(44)35-17-11-20-40(31(46)16-21-41-18-9-5-8-15-30(41)45)19-10-14-28(43)37-27(34(47)38-32)22-26-12-6-4-7-13-26/h4,6-7,12-13,24,27,32H,5,8-11,14-23H2,1-3H3,(H,35,44)(H,37,43)(H,38,47)/t27-,32+/m1/s1. The van der Waals surface area contributed by atoms with Gasteiger partial charge in [-0.15, -0.1) is 0 Å². The SMILES string of the molecule is Cc1nc2n(n1)CC(=O)NCCCN(C(=O)CCN1CCCCCC1=O)CCCC(=O)N[C@H](Cc1ccccc1)C(=O)N[C@H]2C(C)C. The Morgan fingerprint density at radius 3 is 2.45 bits per heavy atom. The highest BCUT2D eigenvalue weighted by Gasteiger charge is 2.30. The molecule has 1 aromatic heterocycles. The molecule has 1 fully saturated rings. The molecule has 0 radical (unpaired) electrons. The van der Waals surface area contributed by atoms with Crippen molar-refractivity contribution in [3.63, 3.8) is 0 Å². The van der Waals surface area contributed by atoms with Crippen LogP contribution in [0.3, 0.4) is 0 Å². The lowest BCUT2D eigenvalue weighted by atomic mass is 10.0. The third kappa shape index (κ3) is 10.9. The number of aromatic nitrogens is 3. The van der Waals surface area contributed by atoms with Crippen LogP contribution in [0.2, 0.25) is 0 Å². The third-order valence-electron chi connectivity index (χ3n) is 8.66. The molecule has 1 aromatic carbocycles. The molecular formula is C34H50N8O5. The van der Waals surface area contributed by atoms with E-state index in [-0.39, 0.29) is 61.3 Å². The number of carbonyl (C=O) groups is 5. The number of aryl methyl sites for hydroxylation is 1. The molecule has 5 amide bonds. The lowest BCUT2D eigenvalue weighted by Gasteiger charge is -2.27. The summed E-state index contributed by atoms with van der Waals surface area (Å²) in [6, 6.07) is 8.09. The van der Waals surface area contributed by atoms with E-state index in [2.05, 4.69) is 26.0 Å². The number of carbonyl (C=O) groups excluding carboxylic acids is 5. The first-order valence-electron chi connectivity index (χ1n) is 17.0. The maximum Gasteiger partial charge on any atom is 0.243 e. The largest absolute Gasteiger partial charge is 0.354 e. The van der Waals surface area contributed by atoms with Gasteiger partial charge < -0.3 is 25.8 Å². The smallest absolute Gasteiger partial charge is 0.243 e. The summed E-state index contributed by atoms with van der Waals surface area (Å²) in [4.78, 5) is 73.9. The van der Waals surface area contributed by atoms with Crippen LogP contribution in [0, 0.1) is 12.8 Å². The van der Waals surface area contributed by atoms with Crippen molar-refractivity contribution in [2.45, 2.75) is 97.2 Å². The Morgan fingerprint density at radius 1 is 0.915 bits per heavy atom. The van der Waals surface area contributed by atoms with Gasteiger partial charge in [0.15, 0.2) is 5.82 Å². The van der Waals surface area contributed by atoms with Crippen LogP contribution in [0.25, 0.3) is 0 Å². The van der Waals surface area contributed by atoms with Gasteiger partial charge in [-0.05, 0) is 44.1 Å². The second kappa shape index (κ2) is 17.6. The zero-order chi connectivity index (χ0) is 33.8. The van der Waals surface area contributed by atoms with Crippen molar-refractivity contribution in [2.24, 2.45) is 5.92 Å². The Balaban J connectivity index is 1.52. The molecule has 3 N–H and O–H groups in total. The predicted octanol–water partition coefficient (Wildman–Crippen LogP) is 2.05. The van der Waals surface area contributed by atoms with Gasteiger partial charge in [0.1, 0.15) is 18.4 Å². The molecule has 1 saturated heterocycles. The van der Waals surface area contributed by atoms with Crippen LogP contribution in [-0.2, 0) is 36.9 Å². The second-order valence-corrected chi connectivity index (χ2v) is 12.8.